The molecule has 4 aromatic rings. The lowest BCUT2D eigenvalue weighted by atomic mass is 9.86. The van der Waals surface area contributed by atoms with Gasteiger partial charge in [0.05, 0.1) is 30.4 Å². The van der Waals surface area contributed by atoms with Gasteiger partial charge >= 0.3 is 6.03 Å². The standard InChI is InChI=1S/C30H36N6O5S/c1-18(2)32-28-31-15-14-26(35-28)41-25-13-12-22(20-10-8-9-11-21(20)25)33-29(37)34-23-16-19(30(3,4)5)17-24(27(23)40-6)36-42(7,38)39/h8-18,36H,1-7H3,(H,31,32,35)(H2,33,34,37). The first kappa shape index (κ1) is 30.4. The summed E-state index contributed by atoms with van der Waals surface area (Å²) in [5, 5.41) is 10.4. The van der Waals surface area contributed by atoms with Crippen molar-refractivity contribution in [2.45, 2.75) is 46.1 Å². The molecule has 42 heavy (non-hydrogen) atoms. The van der Waals surface area contributed by atoms with Crippen LogP contribution in [-0.2, 0) is 15.4 Å². The van der Waals surface area contributed by atoms with E-state index in [1.807, 2.05) is 58.9 Å². The number of hydrogen-bond donors (Lipinski definition) is 4. The number of urea groups is 1. The van der Waals surface area contributed by atoms with Crippen molar-refractivity contribution >= 4 is 49.8 Å². The molecule has 0 saturated carbocycles. The van der Waals surface area contributed by atoms with Crippen LogP contribution in [0.25, 0.3) is 10.8 Å². The summed E-state index contributed by atoms with van der Waals surface area (Å²) in [7, 11) is -2.20. The minimum absolute atomic E-state index is 0.163. The summed E-state index contributed by atoms with van der Waals surface area (Å²) in [6, 6.07) is 15.8. The van der Waals surface area contributed by atoms with Crippen LogP contribution in [0, 0.1) is 0 Å². The molecule has 12 heteroatoms. The summed E-state index contributed by atoms with van der Waals surface area (Å²) < 4.78 is 38.2. The van der Waals surface area contributed by atoms with Gasteiger partial charge in [0.1, 0.15) is 5.75 Å². The number of fused-ring (bicyclic) bond motifs is 1. The lowest BCUT2D eigenvalue weighted by Crippen LogP contribution is -2.22. The zero-order valence-electron chi connectivity index (χ0n) is 24.7. The number of carbonyl (C=O) groups excluding carboxylic acids is 1. The summed E-state index contributed by atoms with van der Waals surface area (Å²) in [5.41, 5.74) is 1.54. The Hall–Kier alpha value is -4.58. The van der Waals surface area contributed by atoms with Gasteiger partial charge < -0.3 is 25.4 Å². The fourth-order valence-corrected chi connectivity index (χ4v) is 4.79. The second-order valence-corrected chi connectivity index (χ2v) is 12.8. The number of hydrogen-bond acceptors (Lipinski definition) is 8. The van der Waals surface area contributed by atoms with E-state index in [1.54, 1.807) is 36.5 Å². The molecule has 0 radical (unpaired) electrons. The van der Waals surface area contributed by atoms with Crippen molar-refractivity contribution in [2.75, 3.05) is 34.0 Å². The van der Waals surface area contributed by atoms with Crippen molar-refractivity contribution in [3.05, 3.63) is 66.4 Å². The summed E-state index contributed by atoms with van der Waals surface area (Å²) in [6.07, 6.45) is 2.68. The lowest BCUT2D eigenvalue weighted by Gasteiger charge is -2.24. The molecule has 11 nitrogen and oxygen atoms in total. The zero-order valence-corrected chi connectivity index (χ0v) is 25.5. The molecule has 0 aliphatic heterocycles. The molecule has 0 atom stereocenters. The minimum Gasteiger partial charge on any atom is -0.492 e. The van der Waals surface area contributed by atoms with E-state index in [1.165, 1.54) is 7.11 Å². The van der Waals surface area contributed by atoms with Crippen molar-refractivity contribution < 1.29 is 22.7 Å². The summed E-state index contributed by atoms with van der Waals surface area (Å²) in [5.74, 6) is 1.58. The first-order valence-electron chi connectivity index (χ1n) is 13.3. The molecule has 0 aliphatic carbocycles. The van der Waals surface area contributed by atoms with Gasteiger partial charge in [0.25, 0.3) is 0 Å². The Balaban J connectivity index is 1.64. The smallest absolute Gasteiger partial charge is 0.323 e. The molecule has 1 aromatic heterocycles. The highest BCUT2D eigenvalue weighted by molar-refractivity contribution is 7.92. The summed E-state index contributed by atoms with van der Waals surface area (Å²) in [6.45, 7) is 9.95. The molecule has 1 heterocycles. The molecule has 0 bridgehead atoms. The van der Waals surface area contributed by atoms with Crippen molar-refractivity contribution in [2.24, 2.45) is 0 Å². The van der Waals surface area contributed by atoms with Gasteiger partial charge in [-0.25, -0.2) is 18.2 Å². The molecule has 2 amide bonds. The number of methoxy groups -OCH3 is 1. The number of nitrogens with zero attached hydrogens (tertiary/aromatic N) is 2. The van der Waals surface area contributed by atoms with E-state index in [-0.39, 0.29) is 22.9 Å². The average Bonchev–Trinajstić information content (AvgIpc) is 2.88. The Morgan fingerprint density at radius 2 is 1.60 bits per heavy atom. The van der Waals surface area contributed by atoms with Crippen LogP contribution in [0.5, 0.6) is 17.4 Å². The number of ether oxygens (including phenoxy) is 2. The Bertz CT molecular complexity index is 1720. The molecule has 222 valence electrons. The van der Waals surface area contributed by atoms with E-state index in [0.29, 0.717) is 29.0 Å². The highest BCUT2D eigenvalue weighted by Crippen LogP contribution is 2.39. The van der Waals surface area contributed by atoms with E-state index in [4.69, 9.17) is 9.47 Å². The van der Waals surface area contributed by atoms with Crippen molar-refractivity contribution in [3.63, 3.8) is 0 Å². The number of anilines is 4. The van der Waals surface area contributed by atoms with Crippen LogP contribution < -0.4 is 30.1 Å². The molecule has 3 aromatic carbocycles. The molecule has 0 fully saturated rings. The highest BCUT2D eigenvalue weighted by Gasteiger charge is 2.22. The van der Waals surface area contributed by atoms with Gasteiger partial charge in [-0.3, -0.25) is 4.72 Å². The normalized spacial score (nSPS) is 11.7. The van der Waals surface area contributed by atoms with Crippen molar-refractivity contribution in [1.82, 2.24) is 9.97 Å². The lowest BCUT2D eigenvalue weighted by molar-refractivity contribution is 0.262. The predicted molar refractivity (Wildman–Crippen MR) is 168 cm³/mol. The number of benzene rings is 3. The average molecular weight is 593 g/mol. The van der Waals surface area contributed by atoms with Crippen LogP contribution in [0.1, 0.15) is 40.2 Å². The third-order valence-corrected chi connectivity index (χ3v) is 6.69. The van der Waals surface area contributed by atoms with Gasteiger partial charge in [0, 0.05) is 29.1 Å². The maximum Gasteiger partial charge on any atom is 0.323 e. The molecule has 0 saturated heterocycles. The topological polar surface area (TPSA) is 144 Å². The van der Waals surface area contributed by atoms with Crippen LogP contribution in [0.3, 0.4) is 0 Å². The molecular weight excluding hydrogens is 556 g/mol. The van der Waals surface area contributed by atoms with Crippen LogP contribution in [-0.4, -0.2) is 43.8 Å². The fourth-order valence-electron chi connectivity index (χ4n) is 4.23. The fraction of sp³-hybridized carbons (Fsp3) is 0.300. The van der Waals surface area contributed by atoms with E-state index in [9.17, 15) is 13.2 Å². The monoisotopic (exact) mass is 592 g/mol. The Morgan fingerprint density at radius 1 is 0.929 bits per heavy atom. The Morgan fingerprint density at radius 3 is 2.24 bits per heavy atom. The van der Waals surface area contributed by atoms with Gasteiger partial charge in [-0.1, -0.05) is 45.0 Å². The number of amides is 2. The number of carbonyl (C=O) groups is 1. The molecule has 0 aliphatic rings. The van der Waals surface area contributed by atoms with Crippen molar-refractivity contribution in [3.8, 4) is 17.4 Å². The molecule has 4 rings (SSSR count). The molecule has 0 spiro atoms. The van der Waals surface area contributed by atoms with Gasteiger partial charge in [-0.05, 0) is 49.1 Å². The Labute approximate surface area is 246 Å². The maximum atomic E-state index is 13.3. The third-order valence-electron chi connectivity index (χ3n) is 6.10. The van der Waals surface area contributed by atoms with E-state index < -0.39 is 16.1 Å². The summed E-state index contributed by atoms with van der Waals surface area (Å²) >= 11 is 0. The summed E-state index contributed by atoms with van der Waals surface area (Å²) in [4.78, 5) is 21.9. The van der Waals surface area contributed by atoms with Gasteiger partial charge in [-0.2, -0.15) is 4.98 Å². The minimum atomic E-state index is -3.61. The maximum absolute atomic E-state index is 13.3. The first-order valence-corrected chi connectivity index (χ1v) is 15.2. The number of sulfonamides is 1. The van der Waals surface area contributed by atoms with E-state index in [2.05, 4.69) is 30.6 Å². The highest BCUT2D eigenvalue weighted by atomic mass is 32.2. The second kappa shape index (κ2) is 12.1. The van der Waals surface area contributed by atoms with Crippen LogP contribution >= 0.6 is 0 Å². The first-order chi connectivity index (χ1) is 19.7. The van der Waals surface area contributed by atoms with Gasteiger partial charge in [0.2, 0.25) is 21.9 Å². The number of aromatic nitrogens is 2. The van der Waals surface area contributed by atoms with E-state index >= 15 is 0 Å². The predicted octanol–water partition coefficient (Wildman–Crippen LogP) is 6.56. The van der Waals surface area contributed by atoms with Crippen LogP contribution in [0.15, 0.2) is 60.8 Å². The van der Waals surface area contributed by atoms with Crippen LogP contribution in [0.4, 0.5) is 27.8 Å². The number of nitrogens with one attached hydrogen (secondary N) is 4. The zero-order chi connectivity index (χ0) is 30.7. The molecule has 4 N–H and O–H groups in total. The Kier molecular flexibility index (Phi) is 8.76. The SMILES string of the molecule is COc1c(NC(=O)Nc2ccc(Oc3ccnc(NC(C)C)n3)c3ccccc23)cc(C(C)(C)C)cc1NS(C)(=O)=O. The third kappa shape index (κ3) is 7.58. The quantitative estimate of drug-likeness (QED) is 0.171. The largest absolute Gasteiger partial charge is 0.492 e. The van der Waals surface area contributed by atoms with Crippen LogP contribution in [0.2, 0.25) is 0 Å². The molecule has 0 unspecified atom stereocenters. The molecular formula is C30H36N6O5S. The van der Waals surface area contributed by atoms with Crippen molar-refractivity contribution in [1.29, 1.82) is 0 Å². The number of rotatable bonds is 9. The van der Waals surface area contributed by atoms with Gasteiger partial charge in [-0.15, -0.1) is 0 Å². The van der Waals surface area contributed by atoms with E-state index in [0.717, 1.165) is 22.6 Å². The second-order valence-electron chi connectivity index (χ2n) is 11.1. The van der Waals surface area contributed by atoms with Gasteiger partial charge in [0.15, 0.2) is 5.75 Å².